The maximum atomic E-state index is 12.2. The molecule has 0 bridgehead atoms. The maximum absolute atomic E-state index is 12.2. The number of carboxylic acid groups (broad SMARTS) is 1. The fraction of sp³-hybridized carbons (Fsp3) is 0.158. The molecule has 2 heterocycles. The van der Waals surface area contributed by atoms with E-state index in [1.165, 1.54) is 22.9 Å². The van der Waals surface area contributed by atoms with Gasteiger partial charge in [0.05, 0.1) is 17.4 Å². The Morgan fingerprint density at radius 1 is 1.12 bits per heavy atom. The van der Waals surface area contributed by atoms with E-state index in [0.717, 1.165) is 0 Å². The van der Waals surface area contributed by atoms with Crippen molar-refractivity contribution in [2.75, 3.05) is 0 Å². The van der Waals surface area contributed by atoms with Crippen LogP contribution in [0, 0.1) is 0 Å². The van der Waals surface area contributed by atoms with Crippen LogP contribution < -0.4 is 11.1 Å². The zero-order valence-electron chi connectivity index (χ0n) is 14.3. The van der Waals surface area contributed by atoms with Crippen molar-refractivity contribution >= 4 is 5.97 Å². The molecule has 0 aliphatic carbocycles. The zero-order chi connectivity index (χ0) is 18.8. The van der Waals surface area contributed by atoms with Crippen molar-refractivity contribution in [2.45, 2.75) is 19.9 Å². The molecule has 132 valence electrons. The lowest BCUT2D eigenvalue weighted by Gasteiger charge is -2.13. The van der Waals surface area contributed by atoms with Crippen molar-refractivity contribution in [3.63, 3.8) is 0 Å². The monoisotopic (exact) mass is 351 g/mol. The highest BCUT2D eigenvalue weighted by Gasteiger charge is 2.18. The summed E-state index contributed by atoms with van der Waals surface area (Å²) in [7, 11) is 0. The molecule has 0 spiro atoms. The van der Waals surface area contributed by atoms with E-state index in [-0.39, 0.29) is 17.2 Å². The van der Waals surface area contributed by atoms with E-state index in [9.17, 15) is 19.5 Å². The number of H-pyrrole nitrogens is 1. The largest absolute Gasteiger partial charge is 0.477 e. The third-order valence-electron chi connectivity index (χ3n) is 3.92. The Hall–Kier alpha value is -3.48. The van der Waals surface area contributed by atoms with Crippen LogP contribution in [-0.4, -0.2) is 25.8 Å². The lowest BCUT2D eigenvalue weighted by Crippen LogP contribution is -2.24. The molecule has 0 saturated heterocycles. The first kappa shape index (κ1) is 17.3. The first-order valence-electron chi connectivity index (χ1n) is 8.04. The Balaban J connectivity index is 2.33. The van der Waals surface area contributed by atoms with Crippen molar-refractivity contribution < 1.29 is 9.90 Å². The van der Waals surface area contributed by atoms with Gasteiger partial charge in [-0.05, 0) is 31.5 Å². The van der Waals surface area contributed by atoms with Gasteiger partial charge in [0.15, 0.2) is 0 Å². The molecule has 7 nitrogen and oxygen atoms in total. The molecule has 1 aromatic carbocycles. The summed E-state index contributed by atoms with van der Waals surface area (Å²) in [5, 5.41) is 13.6. The van der Waals surface area contributed by atoms with E-state index in [2.05, 4.69) is 10.1 Å². The number of carbonyl (C=O) groups is 1. The molecular weight excluding hydrogens is 334 g/mol. The third kappa shape index (κ3) is 3.19. The number of benzene rings is 1. The number of hydrogen-bond acceptors (Lipinski definition) is 4. The van der Waals surface area contributed by atoms with E-state index < -0.39 is 11.5 Å². The van der Waals surface area contributed by atoms with Gasteiger partial charge in [-0.25, -0.2) is 9.48 Å². The van der Waals surface area contributed by atoms with Gasteiger partial charge in [-0.15, -0.1) is 0 Å². The van der Waals surface area contributed by atoms with Crippen LogP contribution in [0.4, 0.5) is 0 Å². The molecule has 0 fully saturated rings. The first-order valence-corrected chi connectivity index (χ1v) is 8.04. The minimum absolute atomic E-state index is 0.163. The standard InChI is InChI=1S/C19H17N3O4/c1-11(2)22-16(23)9-8-15(21-22)13-10-14(19(25)26)18(24)20-17(13)12-6-4-3-5-7-12/h3-11H,1-2H3,(H,20,24)(H,25,26). The van der Waals surface area contributed by atoms with E-state index in [1.807, 2.05) is 32.0 Å². The summed E-state index contributed by atoms with van der Waals surface area (Å²) in [5.74, 6) is -1.33. The highest BCUT2D eigenvalue weighted by molar-refractivity contribution is 5.91. The van der Waals surface area contributed by atoms with Crippen LogP contribution in [-0.2, 0) is 0 Å². The molecule has 0 aliphatic rings. The summed E-state index contributed by atoms with van der Waals surface area (Å²) in [6.45, 7) is 3.65. The number of aromatic nitrogens is 3. The van der Waals surface area contributed by atoms with Crippen molar-refractivity contribution in [3.05, 3.63) is 74.8 Å². The molecule has 2 aromatic heterocycles. The Labute approximate surface area is 148 Å². The summed E-state index contributed by atoms with van der Waals surface area (Å²) in [6.07, 6.45) is 0. The van der Waals surface area contributed by atoms with Crippen LogP contribution in [0.2, 0.25) is 0 Å². The van der Waals surface area contributed by atoms with Gasteiger partial charge in [0.25, 0.3) is 11.1 Å². The quantitative estimate of drug-likeness (QED) is 0.751. The highest BCUT2D eigenvalue weighted by atomic mass is 16.4. The van der Waals surface area contributed by atoms with Crippen molar-refractivity contribution in [1.29, 1.82) is 0 Å². The second kappa shape index (κ2) is 6.79. The molecular formula is C19H17N3O4. The number of nitrogens with one attached hydrogen (secondary N) is 1. The fourth-order valence-electron chi connectivity index (χ4n) is 2.66. The van der Waals surface area contributed by atoms with E-state index in [0.29, 0.717) is 22.5 Å². The van der Waals surface area contributed by atoms with Gasteiger partial charge in [0.1, 0.15) is 5.56 Å². The van der Waals surface area contributed by atoms with Gasteiger partial charge in [0.2, 0.25) is 0 Å². The topological polar surface area (TPSA) is 105 Å². The number of rotatable bonds is 4. The zero-order valence-corrected chi connectivity index (χ0v) is 14.3. The van der Waals surface area contributed by atoms with Crippen LogP contribution >= 0.6 is 0 Å². The van der Waals surface area contributed by atoms with E-state index in [4.69, 9.17) is 0 Å². The summed E-state index contributed by atoms with van der Waals surface area (Å²) >= 11 is 0. The van der Waals surface area contributed by atoms with Crippen LogP contribution in [0.1, 0.15) is 30.2 Å². The Morgan fingerprint density at radius 2 is 1.81 bits per heavy atom. The number of aromatic amines is 1. The number of pyridine rings is 1. The molecule has 0 aliphatic heterocycles. The summed E-state index contributed by atoms with van der Waals surface area (Å²) in [5.41, 5.74) is 0.648. The minimum atomic E-state index is -1.33. The lowest BCUT2D eigenvalue weighted by atomic mass is 10.0. The summed E-state index contributed by atoms with van der Waals surface area (Å²) < 4.78 is 1.32. The van der Waals surface area contributed by atoms with Gasteiger partial charge in [-0.1, -0.05) is 30.3 Å². The van der Waals surface area contributed by atoms with Crippen molar-refractivity contribution in [1.82, 2.24) is 14.8 Å². The molecule has 0 atom stereocenters. The Kier molecular flexibility index (Phi) is 4.53. The molecule has 0 unspecified atom stereocenters. The normalized spacial score (nSPS) is 10.9. The Morgan fingerprint density at radius 3 is 2.42 bits per heavy atom. The van der Waals surface area contributed by atoms with E-state index in [1.54, 1.807) is 12.1 Å². The van der Waals surface area contributed by atoms with Gasteiger partial charge in [-0.2, -0.15) is 5.10 Å². The number of aromatic carboxylic acids is 1. The highest BCUT2D eigenvalue weighted by Crippen LogP contribution is 2.28. The molecule has 0 radical (unpaired) electrons. The maximum Gasteiger partial charge on any atom is 0.341 e. The summed E-state index contributed by atoms with van der Waals surface area (Å²) in [4.78, 5) is 38.2. The average Bonchev–Trinajstić information content (AvgIpc) is 2.62. The molecule has 2 N–H and O–H groups in total. The fourth-order valence-corrected chi connectivity index (χ4v) is 2.66. The van der Waals surface area contributed by atoms with Crippen LogP contribution in [0.15, 0.2) is 58.1 Å². The number of hydrogen-bond donors (Lipinski definition) is 2. The van der Waals surface area contributed by atoms with Gasteiger partial charge in [0, 0.05) is 11.6 Å². The predicted molar refractivity (Wildman–Crippen MR) is 97.3 cm³/mol. The Bertz CT molecular complexity index is 1080. The lowest BCUT2D eigenvalue weighted by molar-refractivity contribution is 0.0695. The average molecular weight is 351 g/mol. The number of nitrogens with zero attached hydrogens (tertiary/aromatic N) is 2. The van der Waals surface area contributed by atoms with Gasteiger partial charge < -0.3 is 10.1 Å². The third-order valence-corrected chi connectivity index (χ3v) is 3.92. The first-order chi connectivity index (χ1) is 12.4. The SMILES string of the molecule is CC(C)n1nc(-c2cc(C(=O)O)c(=O)[nH]c2-c2ccccc2)ccc1=O. The molecule has 0 saturated carbocycles. The summed E-state index contributed by atoms with van der Waals surface area (Å²) in [6, 6.07) is 13.1. The molecule has 7 heteroatoms. The predicted octanol–water partition coefficient (Wildman–Crippen LogP) is 2.54. The minimum Gasteiger partial charge on any atom is -0.477 e. The molecule has 3 aromatic rings. The smallest absolute Gasteiger partial charge is 0.341 e. The van der Waals surface area contributed by atoms with Crippen LogP contribution in [0.5, 0.6) is 0 Å². The number of carboxylic acids is 1. The second-order valence-electron chi connectivity index (χ2n) is 6.07. The molecule has 0 amide bonds. The molecule has 26 heavy (non-hydrogen) atoms. The van der Waals surface area contributed by atoms with Crippen molar-refractivity contribution in [3.8, 4) is 22.5 Å². The molecule has 3 rings (SSSR count). The van der Waals surface area contributed by atoms with Gasteiger partial charge in [-0.3, -0.25) is 9.59 Å². The van der Waals surface area contributed by atoms with Gasteiger partial charge >= 0.3 is 5.97 Å². The van der Waals surface area contributed by atoms with E-state index >= 15 is 0 Å². The van der Waals surface area contributed by atoms with Crippen LogP contribution in [0.25, 0.3) is 22.5 Å². The van der Waals surface area contributed by atoms with Crippen LogP contribution in [0.3, 0.4) is 0 Å². The second-order valence-corrected chi connectivity index (χ2v) is 6.07. The van der Waals surface area contributed by atoms with Crippen molar-refractivity contribution in [2.24, 2.45) is 0 Å².